The summed E-state index contributed by atoms with van der Waals surface area (Å²) in [5.41, 5.74) is 0.840. The number of nitrogens with one attached hydrogen (secondary N) is 1. The van der Waals surface area contributed by atoms with Crippen molar-refractivity contribution in [2.45, 2.75) is 19.4 Å². The van der Waals surface area contributed by atoms with E-state index in [1.54, 1.807) is 6.20 Å². The summed E-state index contributed by atoms with van der Waals surface area (Å²) in [6.07, 6.45) is 3.76. The average molecular weight is 220 g/mol. The van der Waals surface area contributed by atoms with Gasteiger partial charge < -0.3 is 10.2 Å². The summed E-state index contributed by atoms with van der Waals surface area (Å²) < 4.78 is 0. The minimum absolute atomic E-state index is 0.144. The van der Waals surface area contributed by atoms with Crippen LogP contribution >= 0.6 is 0 Å². The zero-order valence-electron chi connectivity index (χ0n) is 9.60. The first-order valence-corrected chi connectivity index (χ1v) is 5.44. The van der Waals surface area contributed by atoms with Gasteiger partial charge in [0.25, 0.3) is 0 Å². The molecular formula is C11H16N4O. The minimum Gasteiger partial charge on any atom is -0.350 e. The van der Waals surface area contributed by atoms with Gasteiger partial charge in [-0.05, 0) is 18.9 Å². The van der Waals surface area contributed by atoms with Crippen LogP contribution in [0.2, 0.25) is 0 Å². The van der Waals surface area contributed by atoms with Gasteiger partial charge in [0, 0.05) is 26.2 Å². The van der Waals surface area contributed by atoms with E-state index in [4.69, 9.17) is 0 Å². The lowest BCUT2D eigenvalue weighted by Gasteiger charge is -2.11. The first-order chi connectivity index (χ1) is 7.66. The summed E-state index contributed by atoms with van der Waals surface area (Å²) in [6.45, 7) is 0.485. The molecule has 0 aliphatic heterocycles. The first-order valence-electron chi connectivity index (χ1n) is 5.44. The second-order valence-electron chi connectivity index (χ2n) is 4.23. The van der Waals surface area contributed by atoms with Crippen LogP contribution in [0.3, 0.4) is 0 Å². The summed E-state index contributed by atoms with van der Waals surface area (Å²) in [5, 5.41) is 2.88. The fourth-order valence-electron chi connectivity index (χ4n) is 1.37. The van der Waals surface area contributed by atoms with Gasteiger partial charge in [0.2, 0.25) is 11.9 Å². The molecule has 0 spiro atoms. The summed E-state index contributed by atoms with van der Waals surface area (Å²) in [5.74, 6) is 1.05. The van der Waals surface area contributed by atoms with Crippen LogP contribution < -0.4 is 10.2 Å². The van der Waals surface area contributed by atoms with Gasteiger partial charge in [-0.1, -0.05) is 0 Å². The molecule has 2 rings (SSSR count). The van der Waals surface area contributed by atoms with Crippen LogP contribution in [0.25, 0.3) is 0 Å². The van der Waals surface area contributed by atoms with E-state index in [1.807, 2.05) is 25.1 Å². The van der Waals surface area contributed by atoms with Crippen LogP contribution in [0.4, 0.5) is 5.95 Å². The molecule has 0 radical (unpaired) electrons. The molecule has 1 fully saturated rings. The van der Waals surface area contributed by atoms with E-state index < -0.39 is 0 Å². The van der Waals surface area contributed by atoms with Crippen molar-refractivity contribution >= 4 is 11.9 Å². The molecular weight excluding hydrogens is 204 g/mol. The highest BCUT2D eigenvalue weighted by molar-refractivity contribution is 5.80. The van der Waals surface area contributed by atoms with E-state index in [0.717, 1.165) is 18.5 Å². The molecule has 1 aliphatic rings. The number of rotatable bonds is 4. The lowest BCUT2D eigenvalue weighted by molar-refractivity contribution is -0.122. The lowest BCUT2D eigenvalue weighted by Crippen LogP contribution is -2.25. The highest BCUT2D eigenvalue weighted by atomic mass is 16.2. The van der Waals surface area contributed by atoms with Crippen LogP contribution in [0.15, 0.2) is 12.3 Å². The number of nitrogens with zero attached hydrogens (tertiary/aromatic N) is 3. The van der Waals surface area contributed by atoms with Gasteiger partial charge in [0.1, 0.15) is 0 Å². The molecule has 1 aliphatic carbocycles. The Hall–Kier alpha value is -1.65. The van der Waals surface area contributed by atoms with Gasteiger partial charge in [-0.3, -0.25) is 4.79 Å². The third-order valence-electron chi connectivity index (χ3n) is 2.49. The van der Waals surface area contributed by atoms with Crippen LogP contribution in [0, 0.1) is 5.92 Å². The fraction of sp³-hybridized carbons (Fsp3) is 0.545. The number of anilines is 1. The minimum atomic E-state index is 0.144. The molecule has 5 heteroatoms. The standard InChI is InChI=1S/C11H16N4O/c1-15(2)11-12-6-5-9(14-11)7-13-10(16)8-3-4-8/h5-6,8H,3-4,7H2,1-2H3,(H,13,16). The van der Waals surface area contributed by atoms with Gasteiger partial charge >= 0.3 is 0 Å². The Bertz CT molecular complexity index is 387. The normalized spacial score (nSPS) is 14.6. The van der Waals surface area contributed by atoms with E-state index in [-0.39, 0.29) is 11.8 Å². The first kappa shape index (κ1) is 10.9. The van der Waals surface area contributed by atoms with Crippen LogP contribution in [-0.2, 0) is 11.3 Å². The van der Waals surface area contributed by atoms with Gasteiger partial charge in [0.15, 0.2) is 0 Å². The maximum absolute atomic E-state index is 11.4. The monoisotopic (exact) mass is 220 g/mol. The van der Waals surface area contributed by atoms with Gasteiger partial charge in [0.05, 0.1) is 12.2 Å². The van der Waals surface area contributed by atoms with Crippen molar-refractivity contribution < 1.29 is 4.79 Å². The number of aromatic nitrogens is 2. The van der Waals surface area contributed by atoms with Crippen molar-refractivity contribution in [3.63, 3.8) is 0 Å². The quantitative estimate of drug-likeness (QED) is 0.806. The zero-order valence-corrected chi connectivity index (χ0v) is 9.60. The second-order valence-corrected chi connectivity index (χ2v) is 4.23. The van der Waals surface area contributed by atoms with Crippen molar-refractivity contribution in [1.29, 1.82) is 0 Å². The maximum Gasteiger partial charge on any atom is 0.225 e. The summed E-state index contributed by atoms with van der Waals surface area (Å²) in [6, 6.07) is 1.82. The van der Waals surface area contributed by atoms with Crippen molar-refractivity contribution in [3.05, 3.63) is 18.0 Å². The van der Waals surface area contributed by atoms with Crippen molar-refractivity contribution in [2.24, 2.45) is 5.92 Å². The van der Waals surface area contributed by atoms with Crippen molar-refractivity contribution in [2.75, 3.05) is 19.0 Å². The Kier molecular flexibility index (Phi) is 3.03. The smallest absolute Gasteiger partial charge is 0.225 e. The molecule has 1 saturated carbocycles. The number of carbonyl (C=O) groups is 1. The predicted molar refractivity (Wildman–Crippen MR) is 60.9 cm³/mol. The van der Waals surface area contributed by atoms with Gasteiger partial charge in [-0.2, -0.15) is 0 Å². The fourth-order valence-corrected chi connectivity index (χ4v) is 1.37. The number of hydrogen-bond donors (Lipinski definition) is 1. The van der Waals surface area contributed by atoms with Crippen LogP contribution in [-0.4, -0.2) is 30.0 Å². The van der Waals surface area contributed by atoms with E-state index in [0.29, 0.717) is 12.5 Å². The highest BCUT2D eigenvalue weighted by Crippen LogP contribution is 2.28. The Labute approximate surface area is 94.9 Å². The summed E-state index contributed by atoms with van der Waals surface area (Å²) >= 11 is 0. The summed E-state index contributed by atoms with van der Waals surface area (Å²) in [4.78, 5) is 21.7. The van der Waals surface area contributed by atoms with E-state index in [2.05, 4.69) is 15.3 Å². The van der Waals surface area contributed by atoms with Crippen molar-refractivity contribution in [3.8, 4) is 0 Å². The molecule has 86 valence electrons. The molecule has 0 saturated heterocycles. The Balaban J connectivity index is 1.92. The zero-order chi connectivity index (χ0) is 11.5. The van der Waals surface area contributed by atoms with E-state index in [1.165, 1.54) is 0 Å². The third kappa shape index (κ3) is 2.68. The Morgan fingerprint density at radius 3 is 2.94 bits per heavy atom. The lowest BCUT2D eigenvalue weighted by atomic mass is 10.3. The van der Waals surface area contributed by atoms with Crippen molar-refractivity contribution in [1.82, 2.24) is 15.3 Å². The third-order valence-corrected chi connectivity index (χ3v) is 2.49. The molecule has 0 aromatic carbocycles. The molecule has 1 amide bonds. The largest absolute Gasteiger partial charge is 0.350 e. The van der Waals surface area contributed by atoms with Gasteiger partial charge in [-0.25, -0.2) is 9.97 Å². The molecule has 1 heterocycles. The van der Waals surface area contributed by atoms with E-state index >= 15 is 0 Å². The average Bonchev–Trinajstić information content (AvgIpc) is 3.10. The SMILES string of the molecule is CN(C)c1nccc(CNC(=O)C2CC2)n1. The molecule has 16 heavy (non-hydrogen) atoms. The van der Waals surface area contributed by atoms with Crippen LogP contribution in [0.1, 0.15) is 18.5 Å². The molecule has 1 aromatic heterocycles. The predicted octanol–water partition coefficient (Wildman–Crippen LogP) is 0.569. The topological polar surface area (TPSA) is 58.1 Å². The highest BCUT2D eigenvalue weighted by Gasteiger charge is 2.29. The summed E-state index contributed by atoms with van der Waals surface area (Å²) in [7, 11) is 3.78. The maximum atomic E-state index is 11.4. The van der Waals surface area contributed by atoms with Crippen LogP contribution in [0.5, 0.6) is 0 Å². The Morgan fingerprint density at radius 2 is 2.31 bits per heavy atom. The Morgan fingerprint density at radius 1 is 1.56 bits per heavy atom. The molecule has 0 atom stereocenters. The molecule has 5 nitrogen and oxygen atoms in total. The molecule has 1 aromatic rings. The second kappa shape index (κ2) is 4.47. The molecule has 1 N–H and O–H groups in total. The number of carbonyl (C=O) groups excluding carboxylic acids is 1. The number of hydrogen-bond acceptors (Lipinski definition) is 4. The molecule has 0 bridgehead atoms. The van der Waals surface area contributed by atoms with Gasteiger partial charge in [-0.15, -0.1) is 0 Å². The van der Waals surface area contributed by atoms with E-state index in [9.17, 15) is 4.79 Å². The molecule has 0 unspecified atom stereocenters. The number of amides is 1.